The van der Waals surface area contributed by atoms with Crippen LogP contribution in [0.2, 0.25) is 0 Å². The number of carbonyl (C=O) groups excluding carboxylic acids is 1. The van der Waals surface area contributed by atoms with Crippen LogP contribution in [0, 0.1) is 13.8 Å². The van der Waals surface area contributed by atoms with Gasteiger partial charge in [0.15, 0.2) is 0 Å². The topological polar surface area (TPSA) is 59.2 Å². The second kappa shape index (κ2) is 5.84. The molecular formula is C16H19N3O. The number of aromatic nitrogens is 1. The zero-order valence-corrected chi connectivity index (χ0v) is 12.1. The summed E-state index contributed by atoms with van der Waals surface area (Å²) in [7, 11) is 1.77. The number of carbonyl (C=O) groups is 1. The van der Waals surface area contributed by atoms with Gasteiger partial charge in [0, 0.05) is 31.0 Å². The maximum absolute atomic E-state index is 12.5. The quantitative estimate of drug-likeness (QED) is 0.931. The average Bonchev–Trinajstić information content (AvgIpc) is 2.48. The lowest BCUT2D eigenvalue weighted by Gasteiger charge is -2.18. The Kier molecular flexibility index (Phi) is 4.15. The molecule has 0 unspecified atom stereocenters. The highest BCUT2D eigenvalue weighted by Crippen LogP contribution is 2.19. The Balaban J connectivity index is 2.29. The van der Waals surface area contributed by atoms with Gasteiger partial charge in [-0.3, -0.25) is 9.78 Å². The normalized spacial score (nSPS) is 10.4. The average molecular weight is 269 g/mol. The second-order valence-electron chi connectivity index (χ2n) is 4.87. The lowest BCUT2D eigenvalue weighted by atomic mass is 10.1. The summed E-state index contributed by atoms with van der Waals surface area (Å²) in [4.78, 5) is 18.2. The summed E-state index contributed by atoms with van der Waals surface area (Å²) < 4.78 is 0. The van der Waals surface area contributed by atoms with E-state index in [1.54, 1.807) is 30.3 Å². The number of benzene rings is 1. The summed E-state index contributed by atoms with van der Waals surface area (Å²) in [5, 5.41) is 0. The molecule has 0 aliphatic heterocycles. The number of amides is 1. The molecule has 2 aromatic rings. The van der Waals surface area contributed by atoms with Gasteiger partial charge >= 0.3 is 0 Å². The minimum atomic E-state index is -0.0645. The molecule has 1 aromatic heterocycles. The molecular weight excluding hydrogens is 250 g/mol. The van der Waals surface area contributed by atoms with Gasteiger partial charge < -0.3 is 10.6 Å². The van der Waals surface area contributed by atoms with E-state index in [1.807, 2.05) is 25.1 Å². The van der Waals surface area contributed by atoms with Gasteiger partial charge in [0.2, 0.25) is 0 Å². The molecule has 0 bridgehead atoms. The molecule has 1 amide bonds. The zero-order valence-electron chi connectivity index (χ0n) is 12.1. The number of hydrogen-bond donors (Lipinski definition) is 1. The van der Waals surface area contributed by atoms with Crippen LogP contribution in [0.5, 0.6) is 0 Å². The third-order valence-electron chi connectivity index (χ3n) is 3.46. The van der Waals surface area contributed by atoms with Crippen molar-refractivity contribution in [1.82, 2.24) is 4.98 Å². The molecule has 0 aliphatic rings. The number of pyridine rings is 1. The van der Waals surface area contributed by atoms with Gasteiger partial charge in [-0.25, -0.2) is 0 Å². The largest absolute Gasteiger partial charge is 0.325 e. The Bertz CT molecular complexity index is 637. The second-order valence-corrected chi connectivity index (χ2v) is 4.87. The van der Waals surface area contributed by atoms with E-state index in [0.717, 1.165) is 5.69 Å². The summed E-state index contributed by atoms with van der Waals surface area (Å²) in [6.07, 6.45) is 1.61. The fourth-order valence-corrected chi connectivity index (χ4v) is 1.97. The Morgan fingerprint density at radius 1 is 1.20 bits per heavy atom. The molecule has 104 valence electrons. The number of aryl methyl sites for hydroxylation is 2. The van der Waals surface area contributed by atoms with Gasteiger partial charge in [0.1, 0.15) is 0 Å². The van der Waals surface area contributed by atoms with Crippen LogP contribution in [0.15, 0.2) is 36.5 Å². The molecule has 0 spiro atoms. The highest BCUT2D eigenvalue weighted by molar-refractivity contribution is 6.05. The van der Waals surface area contributed by atoms with Crippen molar-refractivity contribution in [2.45, 2.75) is 20.4 Å². The molecule has 0 atom stereocenters. The first-order valence-electron chi connectivity index (χ1n) is 6.53. The highest BCUT2D eigenvalue weighted by Gasteiger charge is 2.14. The fraction of sp³-hybridized carbons (Fsp3) is 0.250. The van der Waals surface area contributed by atoms with Crippen LogP contribution in [0.25, 0.3) is 0 Å². The van der Waals surface area contributed by atoms with E-state index in [9.17, 15) is 4.79 Å². The van der Waals surface area contributed by atoms with Gasteiger partial charge in [0.05, 0.1) is 5.69 Å². The van der Waals surface area contributed by atoms with Gasteiger partial charge in [0.25, 0.3) is 5.91 Å². The van der Waals surface area contributed by atoms with Crippen molar-refractivity contribution in [1.29, 1.82) is 0 Å². The van der Waals surface area contributed by atoms with Crippen LogP contribution in [0.4, 0.5) is 5.69 Å². The van der Waals surface area contributed by atoms with Crippen LogP contribution in [-0.4, -0.2) is 17.9 Å². The Morgan fingerprint density at radius 2 is 1.95 bits per heavy atom. The van der Waals surface area contributed by atoms with Crippen molar-refractivity contribution in [3.63, 3.8) is 0 Å². The lowest BCUT2D eigenvalue weighted by molar-refractivity contribution is 0.0993. The van der Waals surface area contributed by atoms with Crippen LogP contribution < -0.4 is 10.6 Å². The third kappa shape index (κ3) is 2.86. The Labute approximate surface area is 119 Å². The first-order valence-corrected chi connectivity index (χ1v) is 6.53. The molecule has 20 heavy (non-hydrogen) atoms. The molecule has 2 rings (SSSR count). The van der Waals surface area contributed by atoms with E-state index in [2.05, 4.69) is 11.9 Å². The lowest BCUT2D eigenvalue weighted by Crippen LogP contribution is -2.26. The summed E-state index contributed by atoms with van der Waals surface area (Å²) in [6.45, 7) is 4.42. The monoisotopic (exact) mass is 269 g/mol. The number of nitrogens with zero attached hydrogens (tertiary/aromatic N) is 2. The van der Waals surface area contributed by atoms with Crippen molar-refractivity contribution >= 4 is 11.6 Å². The number of nitrogens with two attached hydrogens (primary N) is 1. The van der Waals surface area contributed by atoms with Crippen molar-refractivity contribution in [2.24, 2.45) is 5.73 Å². The van der Waals surface area contributed by atoms with Gasteiger partial charge in [-0.1, -0.05) is 6.07 Å². The molecule has 4 heteroatoms. The van der Waals surface area contributed by atoms with E-state index in [1.165, 1.54) is 11.1 Å². The van der Waals surface area contributed by atoms with E-state index in [0.29, 0.717) is 17.8 Å². The third-order valence-corrected chi connectivity index (χ3v) is 3.46. The summed E-state index contributed by atoms with van der Waals surface area (Å²) in [5.74, 6) is -0.0645. The van der Waals surface area contributed by atoms with Crippen molar-refractivity contribution in [3.8, 4) is 0 Å². The first kappa shape index (κ1) is 14.2. The fourth-order valence-electron chi connectivity index (χ4n) is 1.97. The van der Waals surface area contributed by atoms with E-state index in [4.69, 9.17) is 5.73 Å². The van der Waals surface area contributed by atoms with Crippen LogP contribution in [0.1, 0.15) is 27.2 Å². The first-order chi connectivity index (χ1) is 9.52. The number of hydrogen-bond acceptors (Lipinski definition) is 3. The number of rotatable bonds is 3. The standard InChI is InChI=1S/C16H19N3O/c1-11-4-5-15(8-12(11)2)19(3)16(20)13-6-7-18-14(9-13)10-17/h4-9H,10,17H2,1-3H3. The molecule has 0 aliphatic carbocycles. The predicted molar refractivity (Wildman–Crippen MR) is 80.8 cm³/mol. The molecule has 0 saturated heterocycles. The molecule has 0 radical (unpaired) electrons. The van der Waals surface area contributed by atoms with Crippen molar-refractivity contribution in [2.75, 3.05) is 11.9 Å². The molecule has 2 N–H and O–H groups in total. The number of anilines is 1. The van der Waals surface area contributed by atoms with E-state index in [-0.39, 0.29) is 5.91 Å². The summed E-state index contributed by atoms with van der Waals surface area (Å²) in [6, 6.07) is 9.43. The van der Waals surface area contributed by atoms with Gasteiger partial charge in [-0.05, 0) is 49.2 Å². The van der Waals surface area contributed by atoms with E-state index >= 15 is 0 Å². The minimum Gasteiger partial charge on any atom is -0.325 e. The van der Waals surface area contributed by atoms with Gasteiger partial charge in [-0.15, -0.1) is 0 Å². The Hall–Kier alpha value is -2.20. The van der Waals surface area contributed by atoms with Crippen molar-refractivity contribution in [3.05, 3.63) is 58.9 Å². The minimum absolute atomic E-state index is 0.0645. The zero-order chi connectivity index (χ0) is 14.7. The highest BCUT2D eigenvalue weighted by atomic mass is 16.2. The summed E-state index contributed by atoms with van der Waals surface area (Å²) in [5.41, 5.74) is 10.1. The molecule has 1 heterocycles. The molecule has 1 aromatic carbocycles. The van der Waals surface area contributed by atoms with Gasteiger partial charge in [-0.2, -0.15) is 0 Å². The maximum atomic E-state index is 12.5. The van der Waals surface area contributed by atoms with Crippen LogP contribution in [-0.2, 0) is 6.54 Å². The van der Waals surface area contributed by atoms with E-state index < -0.39 is 0 Å². The Morgan fingerprint density at radius 3 is 2.60 bits per heavy atom. The van der Waals surface area contributed by atoms with Crippen molar-refractivity contribution < 1.29 is 4.79 Å². The molecule has 4 nitrogen and oxygen atoms in total. The molecule has 0 fully saturated rings. The van der Waals surface area contributed by atoms with Crippen LogP contribution in [0.3, 0.4) is 0 Å². The summed E-state index contributed by atoms with van der Waals surface area (Å²) >= 11 is 0. The maximum Gasteiger partial charge on any atom is 0.258 e. The predicted octanol–water partition coefficient (Wildman–Crippen LogP) is 2.43. The van der Waals surface area contributed by atoms with Crippen LogP contribution >= 0.6 is 0 Å². The SMILES string of the molecule is Cc1ccc(N(C)C(=O)c2ccnc(CN)c2)cc1C. The molecule has 0 saturated carbocycles. The smallest absolute Gasteiger partial charge is 0.258 e.